The monoisotopic (exact) mass is 200 g/mol. The summed E-state index contributed by atoms with van der Waals surface area (Å²) < 4.78 is 0. The summed E-state index contributed by atoms with van der Waals surface area (Å²) in [5.41, 5.74) is 10.6. The summed E-state index contributed by atoms with van der Waals surface area (Å²) in [6.07, 6.45) is 2.06. The third-order valence-electron chi connectivity index (χ3n) is 2.59. The SMILES string of the molecule is NCCCNCC1CCN(C(N)=O)C1. The maximum atomic E-state index is 10.8. The minimum atomic E-state index is -0.297. The van der Waals surface area contributed by atoms with E-state index in [1.54, 1.807) is 4.90 Å². The average molecular weight is 200 g/mol. The zero-order chi connectivity index (χ0) is 10.4. The van der Waals surface area contributed by atoms with Gasteiger partial charge >= 0.3 is 6.03 Å². The molecular weight excluding hydrogens is 180 g/mol. The molecule has 5 heteroatoms. The van der Waals surface area contributed by atoms with Crippen molar-refractivity contribution in [3.8, 4) is 0 Å². The van der Waals surface area contributed by atoms with E-state index >= 15 is 0 Å². The lowest BCUT2D eigenvalue weighted by molar-refractivity contribution is 0.216. The number of likely N-dealkylation sites (tertiary alicyclic amines) is 1. The minimum absolute atomic E-state index is 0.297. The molecule has 1 aliphatic rings. The van der Waals surface area contributed by atoms with Gasteiger partial charge in [0, 0.05) is 13.1 Å². The van der Waals surface area contributed by atoms with Gasteiger partial charge in [0.05, 0.1) is 0 Å². The van der Waals surface area contributed by atoms with Crippen molar-refractivity contribution in [2.45, 2.75) is 12.8 Å². The summed E-state index contributed by atoms with van der Waals surface area (Å²) in [6, 6.07) is -0.297. The van der Waals surface area contributed by atoms with Gasteiger partial charge in [0.15, 0.2) is 0 Å². The second-order valence-corrected chi connectivity index (χ2v) is 3.79. The quantitative estimate of drug-likeness (QED) is 0.514. The first-order chi connectivity index (χ1) is 6.74. The van der Waals surface area contributed by atoms with Crippen molar-refractivity contribution >= 4 is 6.03 Å². The molecule has 5 N–H and O–H groups in total. The van der Waals surface area contributed by atoms with Gasteiger partial charge in [0.2, 0.25) is 0 Å². The fraction of sp³-hybridized carbons (Fsp3) is 0.889. The average Bonchev–Trinajstić information content (AvgIpc) is 2.61. The lowest BCUT2D eigenvalue weighted by atomic mass is 10.1. The van der Waals surface area contributed by atoms with Crippen molar-refractivity contribution in [1.29, 1.82) is 0 Å². The molecule has 1 unspecified atom stereocenters. The number of nitrogens with zero attached hydrogens (tertiary/aromatic N) is 1. The van der Waals surface area contributed by atoms with E-state index in [0.29, 0.717) is 5.92 Å². The summed E-state index contributed by atoms with van der Waals surface area (Å²) in [5, 5.41) is 3.33. The summed E-state index contributed by atoms with van der Waals surface area (Å²) in [5.74, 6) is 0.556. The third kappa shape index (κ3) is 3.51. The van der Waals surface area contributed by atoms with Gasteiger partial charge in [0.25, 0.3) is 0 Å². The highest BCUT2D eigenvalue weighted by Gasteiger charge is 2.23. The topological polar surface area (TPSA) is 84.4 Å². The number of amides is 2. The zero-order valence-electron chi connectivity index (χ0n) is 8.54. The maximum absolute atomic E-state index is 10.8. The van der Waals surface area contributed by atoms with Gasteiger partial charge in [0.1, 0.15) is 0 Å². The van der Waals surface area contributed by atoms with Gasteiger partial charge in [-0.25, -0.2) is 4.79 Å². The molecule has 5 nitrogen and oxygen atoms in total. The number of primary amides is 1. The largest absolute Gasteiger partial charge is 0.351 e. The molecule has 0 radical (unpaired) electrons. The van der Waals surface area contributed by atoms with E-state index in [9.17, 15) is 4.79 Å². The standard InChI is InChI=1S/C9H20N4O/c10-3-1-4-12-6-8-2-5-13(7-8)9(11)14/h8,12H,1-7,10H2,(H2,11,14). The molecule has 1 fully saturated rings. The first-order valence-corrected chi connectivity index (χ1v) is 5.19. The first kappa shape index (κ1) is 11.3. The minimum Gasteiger partial charge on any atom is -0.351 e. The molecule has 2 amide bonds. The smallest absolute Gasteiger partial charge is 0.314 e. The maximum Gasteiger partial charge on any atom is 0.314 e. The number of hydrogen-bond donors (Lipinski definition) is 3. The molecule has 1 rings (SSSR count). The van der Waals surface area contributed by atoms with Crippen LogP contribution in [0.3, 0.4) is 0 Å². The van der Waals surface area contributed by atoms with Crippen molar-refractivity contribution in [2.24, 2.45) is 17.4 Å². The van der Waals surface area contributed by atoms with E-state index in [2.05, 4.69) is 5.32 Å². The van der Waals surface area contributed by atoms with E-state index in [0.717, 1.165) is 45.6 Å². The van der Waals surface area contributed by atoms with Crippen LogP contribution in [-0.2, 0) is 0 Å². The van der Waals surface area contributed by atoms with Gasteiger partial charge in [-0.1, -0.05) is 0 Å². The summed E-state index contributed by atoms with van der Waals surface area (Å²) in [6.45, 7) is 4.25. The molecule has 1 aliphatic heterocycles. The molecule has 0 spiro atoms. The second kappa shape index (κ2) is 5.82. The molecule has 1 heterocycles. The number of nitrogens with two attached hydrogens (primary N) is 2. The van der Waals surface area contributed by atoms with Crippen LogP contribution in [0.4, 0.5) is 4.79 Å². The Labute approximate surface area is 84.8 Å². The Morgan fingerprint density at radius 2 is 2.36 bits per heavy atom. The Bertz CT molecular complexity index is 186. The predicted octanol–water partition coefficient (Wildman–Crippen LogP) is -0.675. The van der Waals surface area contributed by atoms with Crippen LogP contribution in [0.15, 0.2) is 0 Å². The Kier molecular flexibility index (Phi) is 4.69. The predicted molar refractivity (Wildman–Crippen MR) is 55.8 cm³/mol. The molecule has 0 aromatic rings. The van der Waals surface area contributed by atoms with Gasteiger partial charge in [-0.3, -0.25) is 0 Å². The van der Waals surface area contributed by atoms with Gasteiger partial charge in [-0.05, 0) is 38.4 Å². The van der Waals surface area contributed by atoms with Crippen molar-refractivity contribution in [3.05, 3.63) is 0 Å². The van der Waals surface area contributed by atoms with Crippen LogP contribution in [0.1, 0.15) is 12.8 Å². The molecular formula is C9H20N4O. The highest BCUT2D eigenvalue weighted by Crippen LogP contribution is 2.14. The van der Waals surface area contributed by atoms with E-state index in [-0.39, 0.29) is 6.03 Å². The molecule has 0 saturated carbocycles. The van der Waals surface area contributed by atoms with Crippen LogP contribution in [0.5, 0.6) is 0 Å². The number of carbonyl (C=O) groups is 1. The van der Waals surface area contributed by atoms with E-state index in [1.807, 2.05) is 0 Å². The van der Waals surface area contributed by atoms with E-state index in [4.69, 9.17) is 11.5 Å². The summed E-state index contributed by atoms with van der Waals surface area (Å²) >= 11 is 0. The fourth-order valence-corrected chi connectivity index (χ4v) is 1.73. The number of carbonyl (C=O) groups excluding carboxylic acids is 1. The van der Waals surface area contributed by atoms with Gasteiger partial charge in [-0.15, -0.1) is 0 Å². The Hall–Kier alpha value is -0.810. The normalized spacial score (nSPS) is 21.5. The second-order valence-electron chi connectivity index (χ2n) is 3.79. The van der Waals surface area contributed by atoms with Crippen LogP contribution in [0.2, 0.25) is 0 Å². The zero-order valence-corrected chi connectivity index (χ0v) is 8.54. The molecule has 0 aromatic heterocycles. The lowest BCUT2D eigenvalue weighted by Gasteiger charge is -2.13. The van der Waals surface area contributed by atoms with Crippen LogP contribution < -0.4 is 16.8 Å². The van der Waals surface area contributed by atoms with Gasteiger partial charge in [-0.2, -0.15) is 0 Å². The van der Waals surface area contributed by atoms with Crippen molar-refractivity contribution < 1.29 is 4.79 Å². The fourth-order valence-electron chi connectivity index (χ4n) is 1.73. The molecule has 1 atom stereocenters. The number of rotatable bonds is 5. The number of urea groups is 1. The molecule has 0 aromatic carbocycles. The van der Waals surface area contributed by atoms with Crippen LogP contribution in [0, 0.1) is 5.92 Å². The highest BCUT2D eigenvalue weighted by atomic mass is 16.2. The lowest BCUT2D eigenvalue weighted by Crippen LogP contribution is -2.35. The summed E-state index contributed by atoms with van der Waals surface area (Å²) in [4.78, 5) is 12.5. The van der Waals surface area contributed by atoms with Crippen molar-refractivity contribution in [1.82, 2.24) is 10.2 Å². The van der Waals surface area contributed by atoms with Crippen LogP contribution >= 0.6 is 0 Å². The molecule has 0 bridgehead atoms. The van der Waals surface area contributed by atoms with E-state index < -0.39 is 0 Å². The van der Waals surface area contributed by atoms with Crippen molar-refractivity contribution in [3.63, 3.8) is 0 Å². The van der Waals surface area contributed by atoms with Crippen LogP contribution in [0.25, 0.3) is 0 Å². The van der Waals surface area contributed by atoms with Crippen molar-refractivity contribution in [2.75, 3.05) is 32.7 Å². The Morgan fingerprint density at radius 1 is 1.57 bits per heavy atom. The summed E-state index contributed by atoms with van der Waals surface area (Å²) in [7, 11) is 0. The molecule has 82 valence electrons. The van der Waals surface area contributed by atoms with Crippen LogP contribution in [-0.4, -0.2) is 43.7 Å². The first-order valence-electron chi connectivity index (χ1n) is 5.19. The van der Waals surface area contributed by atoms with Gasteiger partial charge < -0.3 is 21.7 Å². The highest BCUT2D eigenvalue weighted by molar-refractivity contribution is 5.72. The molecule has 14 heavy (non-hydrogen) atoms. The number of hydrogen-bond acceptors (Lipinski definition) is 3. The number of nitrogens with one attached hydrogen (secondary N) is 1. The third-order valence-corrected chi connectivity index (χ3v) is 2.59. The Balaban J connectivity index is 2.07. The molecule has 0 aliphatic carbocycles. The molecule has 1 saturated heterocycles. The Morgan fingerprint density at radius 3 is 2.93 bits per heavy atom. The van der Waals surface area contributed by atoms with E-state index in [1.165, 1.54) is 0 Å².